The van der Waals surface area contributed by atoms with Crippen molar-refractivity contribution in [2.75, 3.05) is 40.8 Å². The van der Waals surface area contributed by atoms with E-state index in [4.69, 9.17) is 0 Å². The second-order valence-corrected chi connectivity index (χ2v) is 6.09. The molecule has 0 aromatic heterocycles. The molecule has 0 heterocycles. The van der Waals surface area contributed by atoms with Crippen molar-refractivity contribution in [2.45, 2.75) is 26.2 Å². The van der Waals surface area contributed by atoms with Gasteiger partial charge in [0.1, 0.15) is 0 Å². The smallest absolute Gasteiger partial charge is 0.176 e. The summed E-state index contributed by atoms with van der Waals surface area (Å²) in [7, 11) is 6.15. The van der Waals surface area contributed by atoms with Crippen molar-refractivity contribution in [1.82, 2.24) is 9.80 Å². The molecule has 0 amide bonds. The Morgan fingerprint density at radius 2 is 1.65 bits per heavy atom. The maximum absolute atomic E-state index is 12.2. The molecule has 0 fully saturated rings. The predicted octanol–water partition coefficient (Wildman–Crippen LogP) is 2.88. The molecule has 0 saturated carbocycles. The van der Waals surface area contributed by atoms with E-state index >= 15 is 0 Å². The van der Waals surface area contributed by atoms with Crippen molar-refractivity contribution in [1.29, 1.82) is 0 Å². The summed E-state index contributed by atoms with van der Waals surface area (Å²) in [6, 6.07) is 8.02. The second kappa shape index (κ2) is 8.18. The average Bonchev–Trinajstić information content (AvgIpc) is 2.38. The van der Waals surface area contributed by atoms with Crippen molar-refractivity contribution < 1.29 is 4.79 Å². The summed E-state index contributed by atoms with van der Waals surface area (Å²) in [5, 5.41) is 0. The summed E-state index contributed by atoms with van der Waals surface area (Å²) in [6.07, 6.45) is 1.09. The van der Waals surface area contributed by atoms with Gasteiger partial charge in [-0.1, -0.05) is 38.1 Å². The molecule has 0 aliphatic heterocycles. The summed E-state index contributed by atoms with van der Waals surface area (Å²) in [5.74, 6) is 0.709. The van der Waals surface area contributed by atoms with E-state index < -0.39 is 0 Å². The Balaban J connectivity index is 2.45. The van der Waals surface area contributed by atoms with Crippen molar-refractivity contribution in [3.63, 3.8) is 0 Å². The zero-order valence-corrected chi connectivity index (χ0v) is 13.5. The molecule has 0 saturated heterocycles. The standard InChI is InChI=1S/C17H28N2O/c1-14(2)15-7-9-16(10-8-15)17(20)13-19(5)12-6-11-18(3)4/h7-10,14H,6,11-13H2,1-5H3. The van der Waals surface area contributed by atoms with E-state index in [2.05, 4.69) is 49.9 Å². The van der Waals surface area contributed by atoms with E-state index in [1.54, 1.807) is 0 Å². The number of carbonyl (C=O) groups is 1. The molecule has 0 aliphatic rings. The van der Waals surface area contributed by atoms with Crippen molar-refractivity contribution in [2.24, 2.45) is 0 Å². The Labute approximate surface area is 123 Å². The van der Waals surface area contributed by atoms with E-state index in [1.807, 2.05) is 19.2 Å². The Hall–Kier alpha value is -1.19. The van der Waals surface area contributed by atoms with Gasteiger partial charge in [-0.3, -0.25) is 9.69 Å². The lowest BCUT2D eigenvalue weighted by molar-refractivity contribution is 0.0944. The molecule has 1 aromatic rings. The fourth-order valence-corrected chi connectivity index (χ4v) is 2.13. The van der Waals surface area contributed by atoms with Crippen LogP contribution in [-0.2, 0) is 0 Å². The number of hydrogen-bond donors (Lipinski definition) is 0. The van der Waals surface area contributed by atoms with E-state index in [1.165, 1.54) is 5.56 Å². The molecule has 3 heteroatoms. The van der Waals surface area contributed by atoms with Crippen molar-refractivity contribution in [3.8, 4) is 0 Å². The largest absolute Gasteiger partial charge is 0.309 e. The van der Waals surface area contributed by atoms with Gasteiger partial charge >= 0.3 is 0 Å². The van der Waals surface area contributed by atoms with E-state index in [0.29, 0.717) is 12.5 Å². The van der Waals surface area contributed by atoms with Gasteiger partial charge < -0.3 is 4.90 Å². The van der Waals surface area contributed by atoms with Crippen LogP contribution in [0.5, 0.6) is 0 Å². The molecule has 3 nitrogen and oxygen atoms in total. The van der Waals surface area contributed by atoms with Gasteiger partial charge in [0.05, 0.1) is 6.54 Å². The first-order valence-electron chi connectivity index (χ1n) is 7.36. The van der Waals surface area contributed by atoms with Crippen LogP contribution < -0.4 is 0 Å². The van der Waals surface area contributed by atoms with E-state index in [-0.39, 0.29) is 5.78 Å². The first-order chi connectivity index (χ1) is 9.40. The highest BCUT2D eigenvalue weighted by atomic mass is 16.1. The van der Waals surface area contributed by atoms with Gasteiger partial charge in [-0.2, -0.15) is 0 Å². The third-order valence-corrected chi connectivity index (χ3v) is 3.46. The van der Waals surface area contributed by atoms with Crippen LogP contribution >= 0.6 is 0 Å². The zero-order valence-electron chi connectivity index (χ0n) is 13.5. The molecule has 0 atom stereocenters. The molecular weight excluding hydrogens is 248 g/mol. The van der Waals surface area contributed by atoms with Crippen LogP contribution in [0.4, 0.5) is 0 Å². The molecule has 1 rings (SSSR count). The molecule has 0 spiro atoms. The van der Waals surface area contributed by atoms with Crippen LogP contribution in [0, 0.1) is 0 Å². The Morgan fingerprint density at radius 1 is 1.05 bits per heavy atom. The Bertz CT molecular complexity index is 410. The van der Waals surface area contributed by atoms with Gasteiger partial charge in [0, 0.05) is 5.56 Å². The topological polar surface area (TPSA) is 23.6 Å². The first-order valence-corrected chi connectivity index (χ1v) is 7.36. The van der Waals surface area contributed by atoms with Crippen molar-refractivity contribution >= 4 is 5.78 Å². The monoisotopic (exact) mass is 276 g/mol. The minimum atomic E-state index is 0.202. The van der Waals surface area contributed by atoms with Gasteiger partial charge in [-0.05, 0) is 52.1 Å². The highest BCUT2D eigenvalue weighted by Gasteiger charge is 2.09. The van der Waals surface area contributed by atoms with Crippen LogP contribution in [0.2, 0.25) is 0 Å². The summed E-state index contributed by atoms with van der Waals surface area (Å²) >= 11 is 0. The highest BCUT2D eigenvalue weighted by molar-refractivity contribution is 5.97. The van der Waals surface area contributed by atoms with Crippen LogP contribution in [0.25, 0.3) is 0 Å². The van der Waals surface area contributed by atoms with Crippen LogP contribution in [-0.4, -0.2) is 56.4 Å². The van der Waals surface area contributed by atoms with Gasteiger partial charge in [-0.25, -0.2) is 0 Å². The Kier molecular flexibility index (Phi) is 6.89. The second-order valence-electron chi connectivity index (χ2n) is 6.09. The van der Waals surface area contributed by atoms with Gasteiger partial charge in [0.15, 0.2) is 5.78 Å². The van der Waals surface area contributed by atoms with Crippen LogP contribution in [0.3, 0.4) is 0 Å². The molecule has 20 heavy (non-hydrogen) atoms. The van der Waals surface area contributed by atoms with Crippen LogP contribution in [0.15, 0.2) is 24.3 Å². The normalized spacial score (nSPS) is 11.6. The number of benzene rings is 1. The predicted molar refractivity (Wildman–Crippen MR) is 85.5 cm³/mol. The third kappa shape index (κ3) is 5.85. The number of likely N-dealkylation sites (N-methyl/N-ethyl adjacent to an activating group) is 1. The molecule has 0 aliphatic carbocycles. The number of ketones is 1. The van der Waals surface area contributed by atoms with Gasteiger partial charge in [-0.15, -0.1) is 0 Å². The molecule has 0 unspecified atom stereocenters. The van der Waals surface area contributed by atoms with E-state index in [0.717, 1.165) is 25.1 Å². The molecule has 0 radical (unpaired) electrons. The minimum absolute atomic E-state index is 0.202. The van der Waals surface area contributed by atoms with E-state index in [9.17, 15) is 4.79 Å². The SMILES string of the molecule is CC(C)c1ccc(C(=O)CN(C)CCCN(C)C)cc1. The number of hydrogen-bond acceptors (Lipinski definition) is 3. The molecule has 112 valence electrons. The summed E-state index contributed by atoms with van der Waals surface area (Å²) in [4.78, 5) is 16.4. The average molecular weight is 276 g/mol. The summed E-state index contributed by atoms with van der Waals surface area (Å²) < 4.78 is 0. The van der Waals surface area contributed by atoms with Crippen molar-refractivity contribution in [3.05, 3.63) is 35.4 Å². The maximum Gasteiger partial charge on any atom is 0.176 e. The molecule has 0 N–H and O–H groups in total. The van der Waals surface area contributed by atoms with Crippen LogP contribution in [0.1, 0.15) is 42.1 Å². The number of rotatable bonds is 8. The third-order valence-electron chi connectivity index (χ3n) is 3.46. The lowest BCUT2D eigenvalue weighted by Crippen LogP contribution is -2.29. The zero-order chi connectivity index (χ0) is 15.1. The molecule has 0 bridgehead atoms. The highest BCUT2D eigenvalue weighted by Crippen LogP contribution is 2.15. The Morgan fingerprint density at radius 3 is 2.15 bits per heavy atom. The molecular formula is C17H28N2O. The summed E-state index contributed by atoms with van der Waals surface area (Å²) in [5.41, 5.74) is 2.09. The minimum Gasteiger partial charge on any atom is -0.309 e. The number of Topliss-reactive ketones (excluding diaryl/α,β-unsaturated/α-hetero) is 1. The maximum atomic E-state index is 12.2. The quantitative estimate of drug-likeness (QED) is 0.682. The lowest BCUT2D eigenvalue weighted by atomic mass is 10.0. The fraction of sp³-hybridized carbons (Fsp3) is 0.588. The number of nitrogens with zero attached hydrogens (tertiary/aromatic N) is 2. The van der Waals surface area contributed by atoms with Gasteiger partial charge in [0.25, 0.3) is 0 Å². The number of carbonyl (C=O) groups excluding carboxylic acids is 1. The lowest BCUT2D eigenvalue weighted by Gasteiger charge is -2.17. The molecule has 1 aromatic carbocycles. The van der Waals surface area contributed by atoms with Gasteiger partial charge in [0.2, 0.25) is 0 Å². The fourth-order valence-electron chi connectivity index (χ4n) is 2.13. The summed E-state index contributed by atoms with van der Waals surface area (Å²) in [6.45, 7) is 6.83. The first kappa shape index (κ1) is 16.9.